The maximum atomic E-state index is 5.24. The molecule has 6 nitrogen and oxygen atoms in total. The van der Waals surface area contributed by atoms with Crippen molar-refractivity contribution in [1.29, 1.82) is 0 Å². The average Bonchev–Trinajstić information content (AvgIpc) is 3.17. The average molecular weight is 529 g/mol. The van der Waals surface area contributed by atoms with E-state index in [-0.39, 0.29) is 28.6 Å². The van der Waals surface area contributed by atoms with Crippen LogP contribution in [0.1, 0.15) is 30.5 Å². The van der Waals surface area contributed by atoms with Gasteiger partial charge in [0.1, 0.15) is 11.9 Å². The summed E-state index contributed by atoms with van der Waals surface area (Å²) in [4.78, 5) is 20.1. The van der Waals surface area contributed by atoms with Crippen molar-refractivity contribution >= 4 is 22.9 Å². The van der Waals surface area contributed by atoms with Gasteiger partial charge in [0.25, 0.3) is 0 Å². The van der Waals surface area contributed by atoms with Crippen molar-refractivity contribution in [2.75, 3.05) is 42.9 Å². The molecule has 0 saturated heterocycles. The van der Waals surface area contributed by atoms with E-state index in [4.69, 9.17) is 9.97 Å². The van der Waals surface area contributed by atoms with Crippen LogP contribution in [-0.4, -0.2) is 55.4 Å². The molecule has 1 aliphatic carbocycles. The Hall–Kier alpha value is -3.90. The smallest absolute Gasteiger partial charge is 0.161 e. The standard InChI is InChI=1S/C34H36N6/c1-21-14-8-9-15-22(21)28-35-20-27-29(36-28)39(7)31-34(24-17-11-13-19-26(24)40(27)31)32(2)23-16-10-12-18-25(23)38(6)30(37(4)5)33(32,34)3/h8-20,30-31H,1-7H3. The third kappa shape index (κ3) is 2.31. The highest BCUT2D eigenvalue weighted by Crippen LogP contribution is 2.88. The summed E-state index contributed by atoms with van der Waals surface area (Å²) in [5.74, 6) is 1.79. The van der Waals surface area contributed by atoms with E-state index in [0.29, 0.717) is 0 Å². The Bertz CT molecular complexity index is 1710. The summed E-state index contributed by atoms with van der Waals surface area (Å²) in [5.41, 5.74) is 8.48. The highest BCUT2D eigenvalue weighted by molar-refractivity contribution is 5.92. The molecular formula is C34H36N6. The molecule has 0 bridgehead atoms. The Morgan fingerprint density at radius 1 is 0.775 bits per heavy atom. The molecule has 5 atom stereocenters. The summed E-state index contributed by atoms with van der Waals surface area (Å²) in [6, 6.07) is 26.5. The van der Waals surface area contributed by atoms with Gasteiger partial charge in [-0.2, -0.15) is 0 Å². The summed E-state index contributed by atoms with van der Waals surface area (Å²) < 4.78 is 0. The molecule has 4 aromatic rings. The molecule has 4 heterocycles. The van der Waals surface area contributed by atoms with Crippen molar-refractivity contribution in [3.63, 3.8) is 0 Å². The molecule has 1 aromatic heterocycles. The number of para-hydroxylation sites is 2. The minimum absolute atomic E-state index is 0.0787. The Labute approximate surface area is 236 Å². The maximum Gasteiger partial charge on any atom is 0.161 e. The Balaban J connectivity index is 1.40. The first-order chi connectivity index (χ1) is 19.2. The summed E-state index contributed by atoms with van der Waals surface area (Å²) >= 11 is 0. The third-order valence-electron chi connectivity index (χ3n) is 11.1. The van der Waals surface area contributed by atoms with Crippen LogP contribution < -0.4 is 14.7 Å². The fraction of sp³-hybridized carbons (Fsp3) is 0.353. The molecule has 5 unspecified atom stereocenters. The number of likely N-dealkylation sites (N-methyl/N-ethyl adjacent to an activating group) is 1. The molecule has 202 valence electrons. The monoisotopic (exact) mass is 528 g/mol. The molecule has 1 fully saturated rings. The second-order valence-electron chi connectivity index (χ2n) is 12.7. The summed E-state index contributed by atoms with van der Waals surface area (Å²) in [5, 5.41) is 0. The molecule has 1 saturated carbocycles. The minimum Gasteiger partial charge on any atom is -0.358 e. The Kier molecular flexibility index (Phi) is 4.45. The van der Waals surface area contributed by atoms with E-state index in [9.17, 15) is 0 Å². The van der Waals surface area contributed by atoms with E-state index in [2.05, 4.69) is 148 Å². The molecule has 0 amide bonds. The van der Waals surface area contributed by atoms with Gasteiger partial charge in [-0.1, -0.05) is 74.5 Å². The highest BCUT2D eigenvalue weighted by atomic mass is 15.5. The molecule has 40 heavy (non-hydrogen) atoms. The highest BCUT2D eigenvalue weighted by Gasteiger charge is 2.93. The lowest BCUT2D eigenvalue weighted by Crippen LogP contribution is -2.55. The van der Waals surface area contributed by atoms with Gasteiger partial charge >= 0.3 is 0 Å². The Morgan fingerprint density at radius 3 is 2.15 bits per heavy atom. The van der Waals surface area contributed by atoms with Crippen molar-refractivity contribution in [3.8, 4) is 11.4 Å². The number of rotatable bonds is 2. The number of nitrogens with zero attached hydrogens (tertiary/aromatic N) is 6. The number of fused-ring (bicyclic) bond motifs is 12. The zero-order valence-electron chi connectivity index (χ0n) is 24.3. The predicted molar refractivity (Wildman–Crippen MR) is 162 cm³/mol. The van der Waals surface area contributed by atoms with Crippen LogP contribution in [0.2, 0.25) is 0 Å². The number of hydrogen-bond acceptors (Lipinski definition) is 6. The van der Waals surface area contributed by atoms with Gasteiger partial charge in [0.15, 0.2) is 11.6 Å². The molecule has 3 aliphatic heterocycles. The van der Waals surface area contributed by atoms with Crippen molar-refractivity contribution < 1.29 is 0 Å². The fourth-order valence-electron chi connectivity index (χ4n) is 9.66. The van der Waals surface area contributed by atoms with E-state index in [1.54, 1.807) is 0 Å². The molecular weight excluding hydrogens is 492 g/mol. The van der Waals surface area contributed by atoms with E-state index < -0.39 is 0 Å². The predicted octanol–water partition coefficient (Wildman–Crippen LogP) is 5.93. The quantitative estimate of drug-likeness (QED) is 0.321. The fourth-order valence-corrected chi connectivity index (χ4v) is 9.66. The minimum atomic E-state index is -0.176. The Morgan fingerprint density at radius 2 is 1.43 bits per heavy atom. The first kappa shape index (κ1) is 23.9. The number of aromatic nitrogens is 2. The maximum absolute atomic E-state index is 5.24. The van der Waals surface area contributed by atoms with E-state index in [0.717, 1.165) is 22.9 Å². The molecule has 6 heteroatoms. The first-order valence-corrected chi connectivity index (χ1v) is 14.2. The number of hydrogen-bond donors (Lipinski definition) is 0. The summed E-state index contributed by atoms with van der Waals surface area (Å²) in [6.45, 7) is 7.19. The zero-order valence-corrected chi connectivity index (χ0v) is 24.3. The van der Waals surface area contributed by atoms with Gasteiger partial charge in [-0.15, -0.1) is 0 Å². The SMILES string of the molecule is Cc1ccccc1-c1ncc2c(n1)N(C)C1N2c2ccccc2C12C1(C)c3ccccc3N(C)C(N(C)C)C12C. The lowest BCUT2D eigenvalue weighted by molar-refractivity contribution is 0.162. The van der Waals surface area contributed by atoms with Crippen LogP contribution in [0.5, 0.6) is 0 Å². The zero-order chi connectivity index (χ0) is 27.8. The topological polar surface area (TPSA) is 38.7 Å². The third-order valence-corrected chi connectivity index (χ3v) is 11.1. The van der Waals surface area contributed by atoms with Gasteiger partial charge in [-0.05, 0) is 49.8 Å². The van der Waals surface area contributed by atoms with E-state index >= 15 is 0 Å². The number of benzene rings is 3. The van der Waals surface area contributed by atoms with Crippen LogP contribution >= 0.6 is 0 Å². The lowest BCUT2D eigenvalue weighted by atomic mass is 9.80. The second kappa shape index (κ2) is 7.43. The molecule has 0 radical (unpaired) electrons. The molecule has 4 aliphatic rings. The van der Waals surface area contributed by atoms with Gasteiger partial charge in [0.05, 0.1) is 17.8 Å². The normalized spacial score (nSPS) is 30.8. The molecule has 1 spiro atoms. The van der Waals surface area contributed by atoms with E-state index in [1.165, 1.54) is 28.1 Å². The van der Waals surface area contributed by atoms with Gasteiger partial charge in [0, 0.05) is 41.9 Å². The van der Waals surface area contributed by atoms with Gasteiger partial charge in [0.2, 0.25) is 0 Å². The van der Waals surface area contributed by atoms with Crippen molar-refractivity contribution in [2.24, 2.45) is 5.41 Å². The largest absolute Gasteiger partial charge is 0.358 e. The van der Waals surface area contributed by atoms with Crippen molar-refractivity contribution in [2.45, 2.75) is 43.9 Å². The number of anilines is 4. The van der Waals surface area contributed by atoms with Gasteiger partial charge in [-0.3, -0.25) is 4.90 Å². The molecule has 8 rings (SSSR count). The van der Waals surface area contributed by atoms with Crippen molar-refractivity contribution in [3.05, 3.63) is 95.7 Å². The van der Waals surface area contributed by atoms with Crippen LogP contribution in [0.3, 0.4) is 0 Å². The van der Waals surface area contributed by atoms with Crippen LogP contribution in [-0.2, 0) is 10.8 Å². The summed E-state index contributed by atoms with van der Waals surface area (Å²) in [7, 11) is 8.98. The van der Waals surface area contributed by atoms with Crippen LogP contribution in [0.15, 0.2) is 79.0 Å². The van der Waals surface area contributed by atoms with Crippen LogP contribution in [0.25, 0.3) is 11.4 Å². The first-order valence-electron chi connectivity index (χ1n) is 14.2. The van der Waals surface area contributed by atoms with Gasteiger partial charge in [-0.25, -0.2) is 9.97 Å². The van der Waals surface area contributed by atoms with Crippen LogP contribution in [0, 0.1) is 12.3 Å². The molecule has 3 aromatic carbocycles. The summed E-state index contributed by atoms with van der Waals surface area (Å²) in [6.07, 6.45) is 2.35. The van der Waals surface area contributed by atoms with Crippen LogP contribution in [0.4, 0.5) is 22.9 Å². The molecule has 0 N–H and O–H groups in total. The van der Waals surface area contributed by atoms with Gasteiger partial charge < -0.3 is 14.7 Å². The second-order valence-corrected chi connectivity index (χ2v) is 12.7. The number of aryl methyl sites for hydroxylation is 1. The van der Waals surface area contributed by atoms with Crippen molar-refractivity contribution in [1.82, 2.24) is 14.9 Å². The van der Waals surface area contributed by atoms with E-state index in [1.807, 2.05) is 0 Å². The lowest BCUT2D eigenvalue weighted by Gasteiger charge is -2.46.